The predicted octanol–water partition coefficient (Wildman–Crippen LogP) is 1.99. The maximum absolute atomic E-state index is 12.4. The molecule has 110 valence electrons. The van der Waals surface area contributed by atoms with Gasteiger partial charge in [0.25, 0.3) is 0 Å². The van der Waals surface area contributed by atoms with Crippen LogP contribution in [0.25, 0.3) is 0 Å². The Hall–Kier alpha value is -2.17. The van der Waals surface area contributed by atoms with Gasteiger partial charge in [0.1, 0.15) is 0 Å². The molecule has 2 aromatic heterocycles. The van der Waals surface area contributed by atoms with Crippen molar-refractivity contribution in [1.29, 1.82) is 0 Å². The molecular weight excluding hydrogens is 264 g/mol. The van der Waals surface area contributed by atoms with E-state index in [0.29, 0.717) is 13.1 Å². The summed E-state index contributed by atoms with van der Waals surface area (Å²) >= 11 is 0. The van der Waals surface area contributed by atoms with Gasteiger partial charge in [-0.05, 0) is 37.8 Å². The molecule has 0 aliphatic heterocycles. The zero-order chi connectivity index (χ0) is 14.9. The van der Waals surface area contributed by atoms with Crippen molar-refractivity contribution in [3.63, 3.8) is 0 Å². The van der Waals surface area contributed by atoms with Crippen LogP contribution in [0.5, 0.6) is 0 Å². The molecule has 1 amide bonds. The molecule has 3 rings (SSSR count). The molecule has 0 radical (unpaired) electrons. The van der Waals surface area contributed by atoms with Crippen molar-refractivity contribution in [1.82, 2.24) is 19.9 Å². The summed E-state index contributed by atoms with van der Waals surface area (Å²) in [6.45, 7) is 5.28. The van der Waals surface area contributed by atoms with Gasteiger partial charge in [0.2, 0.25) is 5.91 Å². The second kappa shape index (κ2) is 5.31. The van der Waals surface area contributed by atoms with Crippen molar-refractivity contribution in [2.75, 3.05) is 0 Å². The fourth-order valence-electron chi connectivity index (χ4n) is 2.51. The second-order valence-electron chi connectivity index (χ2n) is 5.94. The molecule has 1 fully saturated rings. The number of aromatic nitrogens is 3. The summed E-state index contributed by atoms with van der Waals surface area (Å²) < 4.78 is 1.98. The fourth-order valence-corrected chi connectivity index (χ4v) is 2.51. The van der Waals surface area contributed by atoms with Gasteiger partial charge in [-0.3, -0.25) is 9.78 Å². The summed E-state index contributed by atoms with van der Waals surface area (Å²) in [5, 5.41) is 3.05. The van der Waals surface area contributed by atoms with E-state index in [4.69, 9.17) is 0 Å². The number of nitrogens with one attached hydrogen (secondary N) is 1. The standard InChI is InChI=1S/C16H20N4O/c1-12-7-14(8-18-13(12)2)9-19-15(21)16(3-4-16)10-20-6-5-17-11-20/h5-8,11H,3-4,9-10H2,1-2H3,(H,19,21). The molecule has 0 aromatic carbocycles. The van der Waals surface area contributed by atoms with Crippen LogP contribution >= 0.6 is 0 Å². The maximum atomic E-state index is 12.4. The first kappa shape index (κ1) is 13.8. The zero-order valence-electron chi connectivity index (χ0n) is 12.5. The molecule has 0 bridgehead atoms. The molecule has 0 spiro atoms. The fraction of sp³-hybridized carbons (Fsp3) is 0.438. The van der Waals surface area contributed by atoms with Crippen molar-refractivity contribution in [3.05, 3.63) is 47.8 Å². The number of rotatable bonds is 5. The molecule has 5 heteroatoms. The molecule has 1 saturated carbocycles. The van der Waals surface area contributed by atoms with E-state index in [0.717, 1.165) is 29.7 Å². The predicted molar refractivity (Wildman–Crippen MR) is 79.5 cm³/mol. The molecule has 21 heavy (non-hydrogen) atoms. The van der Waals surface area contributed by atoms with Crippen LogP contribution in [0.3, 0.4) is 0 Å². The number of aryl methyl sites for hydroxylation is 2. The molecule has 5 nitrogen and oxygen atoms in total. The van der Waals surface area contributed by atoms with Crippen molar-refractivity contribution in [2.24, 2.45) is 5.41 Å². The molecular formula is C16H20N4O. The average molecular weight is 284 g/mol. The first-order valence-corrected chi connectivity index (χ1v) is 7.25. The van der Waals surface area contributed by atoms with Crippen LogP contribution in [0.4, 0.5) is 0 Å². The van der Waals surface area contributed by atoms with E-state index in [9.17, 15) is 4.79 Å². The largest absolute Gasteiger partial charge is 0.351 e. The van der Waals surface area contributed by atoms with Crippen LogP contribution in [0.2, 0.25) is 0 Å². The van der Waals surface area contributed by atoms with E-state index >= 15 is 0 Å². The van der Waals surface area contributed by atoms with Crippen LogP contribution < -0.4 is 5.32 Å². The topological polar surface area (TPSA) is 59.8 Å². The molecule has 1 aliphatic carbocycles. The lowest BCUT2D eigenvalue weighted by molar-refractivity contribution is -0.127. The van der Waals surface area contributed by atoms with Gasteiger partial charge in [-0.1, -0.05) is 6.07 Å². The Morgan fingerprint density at radius 2 is 2.24 bits per heavy atom. The highest BCUT2D eigenvalue weighted by molar-refractivity contribution is 5.85. The summed E-state index contributed by atoms with van der Waals surface area (Å²) in [4.78, 5) is 20.8. The summed E-state index contributed by atoms with van der Waals surface area (Å²) in [5.74, 6) is 0.134. The minimum atomic E-state index is -0.242. The number of imidazole rings is 1. The number of carbonyl (C=O) groups is 1. The van der Waals surface area contributed by atoms with Crippen molar-refractivity contribution >= 4 is 5.91 Å². The third-order valence-corrected chi connectivity index (χ3v) is 4.23. The summed E-state index contributed by atoms with van der Waals surface area (Å²) in [6, 6.07) is 2.08. The van der Waals surface area contributed by atoms with Gasteiger partial charge in [0, 0.05) is 37.4 Å². The third-order valence-electron chi connectivity index (χ3n) is 4.23. The molecule has 1 aliphatic rings. The lowest BCUT2D eigenvalue weighted by atomic mass is 10.1. The highest BCUT2D eigenvalue weighted by Gasteiger charge is 2.49. The summed E-state index contributed by atoms with van der Waals surface area (Å²) in [6.07, 6.45) is 9.14. The molecule has 0 unspecified atom stereocenters. The summed E-state index contributed by atoms with van der Waals surface area (Å²) in [7, 11) is 0. The Morgan fingerprint density at radius 1 is 1.43 bits per heavy atom. The Labute approximate surface area is 124 Å². The Balaban J connectivity index is 1.60. The smallest absolute Gasteiger partial charge is 0.228 e. The number of carbonyl (C=O) groups excluding carboxylic acids is 1. The Morgan fingerprint density at radius 3 is 2.86 bits per heavy atom. The minimum Gasteiger partial charge on any atom is -0.351 e. The second-order valence-corrected chi connectivity index (χ2v) is 5.94. The number of hydrogen-bond acceptors (Lipinski definition) is 3. The normalized spacial score (nSPS) is 15.7. The number of nitrogens with zero attached hydrogens (tertiary/aromatic N) is 3. The highest BCUT2D eigenvalue weighted by Crippen LogP contribution is 2.47. The zero-order valence-corrected chi connectivity index (χ0v) is 12.5. The van der Waals surface area contributed by atoms with Crippen molar-refractivity contribution < 1.29 is 4.79 Å². The van der Waals surface area contributed by atoms with Gasteiger partial charge < -0.3 is 9.88 Å². The molecule has 0 atom stereocenters. The lowest BCUT2D eigenvalue weighted by Crippen LogP contribution is -2.34. The van der Waals surface area contributed by atoms with Crippen LogP contribution in [0, 0.1) is 19.3 Å². The summed E-state index contributed by atoms with van der Waals surface area (Å²) in [5.41, 5.74) is 2.99. The van der Waals surface area contributed by atoms with Crippen molar-refractivity contribution in [3.8, 4) is 0 Å². The number of pyridine rings is 1. The molecule has 1 N–H and O–H groups in total. The van der Waals surface area contributed by atoms with E-state index in [1.807, 2.05) is 30.8 Å². The van der Waals surface area contributed by atoms with Gasteiger partial charge in [0.15, 0.2) is 0 Å². The lowest BCUT2D eigenvalue weighted by Gasteiger charge is -2.16. The van der Waals surface area contributed by atoms with E-state index in [1.54, 1.807) is 12.5 Å². The molecule has 0 saturated heterocycles. The van der Waals surface area contributed by atoms with Gasteiger partial charge in [-0.2, -0.15) is 0 Å². The van der Waals surface area contributed by atoms with Crippen LogP contribution in [0.15, 0.2) is 31.0 Å². The SMILES string of the molecule is Cc1cc(CNC(=O)C2(Cn3ccnc3)CC2)cnc1C. The minimum absolute atomic E-state index is 0.134. The van der Waals surface area contributed by atoms with E-state index in [2.05, 4.69) is 21.4 Å². The van der Waals surface area contributed by atoms with E-state index < -0.39 is 0 Å². The van der Waals surface area contributed by atoms with E-state index in [1.165, 1.54) is 0 Å². The quantitative estimate of drug-likeness (QED) is 0.913. The third kappa shape index (κ3) is 2.96. The Kier molecular flexibility index (Phi) is 3.49. The van der Waals surface area contributed by atoms with Crippen molar-refractivity contribution in [2.45, 2.75) is 39.8 Å². The number of amides is 1. The number of hydrogen-bond donors (Lipinski definition) is 1. The van der Waals surface area contributed by atoms with Crippen LogP contribution in [-0.4, -0.2) is 20.4 Å². The molecule has 2 heterocycles. The van der Waals surface area contributed by atoms with Crippen LogP contribution in [-0.2, 0) is 17.9 Å². The molecule has 2 aromatic rings. The first-order chi connectivity index (χ1) is 10.1. The average Bonchev–Trinajstić information content (AvgIpc) is 3.07. The van der Waals surface area contributed by atoms with Crippen LogP contribution in [0.1, 0.15) is 29.7 Å². The first-order valence-electron chi connectivity index (χ1n) is 7.25. The van der Waals surface area contributed by atoms with Gasteiger partial charge >= 0.3 is 0 Å². The maximum Gasteiger partial charge on any atom is 0.228 e. The van der Waals surface area contributed by atoms with E-state index in [-0.39, 0.29) is 11.3 Å². The van der Waals surface area contributed by atoms with Gasteiger partial charge in [-0.15, -0.1) is 0 Å². The van der Waals surface area contributed by atoms with Gasteiger partial charge in [0.05, 0.1) is 11.7 Å². The Bertz CT molecular complexity index is 644. The van der Waals surface area contributed by atoms with Gasteiger partial charge in [-0.25, -0.2) is 4.98 Å². The highest BCUT2D eigenvalue weighted by atomic mass is 16.2. The monoisotopic (exact) mass is 284 g/mol.